The maximum Gasteiger partial charge on any atom is 0.417 e. The fraction of sp³-hybridized carbons (Fsp3) is 0.548. The smallest absolute Gasteiger partial charge is 0.417 e. The summed E-state index contributed by atoms with van der Waals surface area (Å²) in [7, 11) is 1.59. The van der Waals surface area contributed by atoms with Crippen LogP contribution in [-0.4, -0.2) is 95.9 Å². The average Bonchev–Trinajstić information content (AvgIpc) is 3.62. The molecule has 0 radical (unpaired) electrons. The van der Waals surface area contributed by atoms with Crippen LogP contribution in [0.25, 0.3) is 11.3 Å². The van der Waals surface area contributed by atoms with Gasteiger partial charge in [0.05, 0.1) is 42.0 Å². The number of carbonyl (C=O) groups is 1. The molecule has 1 aromatic carbocycles. The minimum absolute atomic E-state index is 0.100. The summed E-state index contributed by atoms with van der Waals surface area (Å²) in [4.78, 5) is 31.9. The monoisotopic (exact) mass is 699 g/mol. The molecule has 0 spiro atoms. The molecule has 2 atom stereocenters. The van der Waals surface area contributed by atoms with E-state index in [1.54, 1.807) is 14.0 Å². The molecule has 0 unspecified atom stereocenters. The van der Waals surface area contributed by atoms with Gasteiger partial charge in [-0.05, 0) is 45.4 Å². The van der Waals surface area contributed by atoms with Gasteiger partial charge in [0, 0.05) is 56.3 Å². The lowest BCUT2D eigenvalue weighted by atomic mass is 10.1. The SMILES string of the molecule is CCOC(=O)CCN1CCN(c2ncnc(Nc3nc(-c4ccc(Cl)c(C(F)(F)F)c4)c(CN4CCC[C@H]4C)s3)c2F)C[C@H]1COC. The molecular formula is C31H38ClF4N7O3S. The number of carbonyl (C=O) groups excluding carboxylic acids is 1. The maximum atomic E-state index is 16.0. The Kier molecular flexibility index (Phi) is 11.5. The first-order chi connectivity index (χ1) is 22.5. The van der Waals surface area contributed by atoms with Crippen LogP contribution in [0.5, 0.6) is 0 Å². The highest BCUT2D eigenvalue weighted by Crippen LogP contribution is 2.40. The van der Waals surface area contributed by atoms with Crippen molar-refractivity contribution in [3.8, 4) is 11.3 Å². The van der Waals surface area contributed by atoms with Gasteiger partial charge in [-0.2, -0.15) is 17.6 Å². The minimum atomic E-state index is -4.64. The number of piperazine rings is 1. The number of thiazole rings is 1. The van der Waals surface area contributed by atoms with Crippen LogP contribution < -0.4 is 10.2 Å². The van der Waals surface area contributed by atoms with Crippen LogP contribution in [0.3, 0.4) is 0 Å². The van der Waals surface area contributed by atoms with E-state index in [0.29, 0.717) is 57.7 Å². The zero-order valence-electron chi connectivity index (χ0n) is 26.4. The molecule has 10 nitrogen and oxygen atoms in total. The molecule has 2 saturated heterocycles. The summed E-state index contributed by atoms with van der Waals surface area (Å²) in [6, 6.07) is 3.93. The van der Waals surface area contributed by atoms with Crippen LogP contribution in [-0.2, 0) is 27.0 Å². The van der Waals surface area contributed by atoms with Gasteiger partial charge in [0.15, 0.2) is 16.8 Å². The fourth-order valence-corrected chi connectivity index (χ4v) is 7.24. The van der Waals surface area contributed by atoms with E-state index in [0.717, 1.165) is 30.3 Å². The summed E-state index contributed by atoms with van der Waals surface area (Å²) in [5.41, 5.74) is -0.310. The number of methoxy groups -OCH3 is 1. The van der Waals surface area contributed by atoms with Crippen molar-refractivity contribution in [1.82, 2.24) is 24.8 Å². The molecule has 0 amide bonds. The van der Waals surface area contributed by atoms with Crippen molar-refractivity contribution in [3.63, 3.8) is 0 Å². The van der Waals surface area contributed by atoms with Crippen LogP contribution in [0, 0.1) is 5.82 Å². The topological polar surface area (TPSA) is 96.0 Å². The highest BCUT2D eigenvalue weighted by Gasteiger charge is 2.34. The lowest BCUT2D eigenvalue weighted by molar-refractivity contribution is -0.143. The van der Waals surface area contributed by atoms with Gasteiger partial charge in [-0.15, -0.1) is 0 Å². The predicted molar refractivity (Wildman–Crippen MR) is 173 cm³/mol. The molecule has 3 aromatic rings. The Morgan fingerprint density at radius 3 is 2.70 bits per heavy atom. The molecule has 0 aliphatic carbocycles. The molecule has 16 heteroatoms. The van der Waals surface area contributed by atoms with E-state index in [2.05, 4.69) is 37.0 Å². The zero-order valence-corrected chi connectivity index (χ0v) is 28.0. The predicted octanol–water partition coefficient (Wildman–Crippen LogP) is 6.23. The number of nitrogens with one attached hydrogen (secondary N) is 1. The van der Waals surface area contributed by atoms with Crippen LogP contribution in [0.1, 0.15) is 43.6 Å². The summed E-state index contributed by atoms with van der Waals surface area (Å²) >= 11 is 7.15. The average molecular weight is 700 g/mol. The Balaban J connectivity index is 1.39. The van der Waals surface area contributed by atoms with Crippen molar-refractivity contribution in [3.05, 3.63) is 45.8 Å². The number of nitrogens with zero attached hydrogens (tertiary/aromatic N) is 6. The number of ether oxygens (including phenoxy) is 2. The first-order valence-electron chi connectivity index (χ1n) is 15.5. The second kappa shape index (κ2) is 15.4. The number of likely N-dealkylation sites (tertiary alicyclic amines) is 1. The zero-order chi connectivity index (χ0) is 33.7. The Labute approximate surface area is 280 Å². The van der Waals surface area contributed by atoms with E-state index in [1.807, 2.05) is 4.90 Å². The maximum absolute atomic E-state index is 16.0. The third-order valence-corrected chi connectivity index (χ3v) is 9.73. The van der Waals surface area contributed by atoms with Gasteiger partial charge < -0.3 is 19.7 Å². The molecule has 256 valence electrons. The van der Waals surface area contributed by atoms with Gasteiger partial charge in [-0.25, -0.2) is 15.0 Å². The van der Waals surface area contributed by atoms with Crippen LogP contribution in [0.4, 0.5) is 34.3 Å². The van der Waals surface area contributed by atoms with E-state index >= 15 is 4.39 Å². The number of esters is 1. The largest absolute Gasteiger partial charge is 0.466 e. The van der Waals surface area contributed by atoms with E-state index in [9.17, 15) is 18.0 Å². The molecule has 2 aromatic heterocycles. The van der Waals surface area contributed by atoms with Crippen LogP contribution >= 0.6 is 22.9 Å². The van der Waals surface area contributed by atoms with Crippen LogP contribution in [0.15, 0.2) is 24.5 Å². The number of rotatable bonds is 12. The summed E-state index contributed by atoms with van der Waals surface area (Å²) in [5, 5.41) is 2.86. The quantitative estimate of drug-likeness (QED) is 0.173. The lowest BCUT2D eigenvalue weighted by Gasteiger charge is -2.41. The molecule has 1 N–H and O–H groups in total. The summed E-state index contributed by atoms with van der Waals surface area (Å²) in [6.07, 6.45) is -1.08. The first-order valence-corrected chi connectivity index (χ1v) is 16.7. The number of halogens is 5. The summed E-state index contributed by atoms with van der Waals surface area (Å²) < 4.78 is 67.7. The van der Waals surface area contributed by atoms with Crippen molar-refractivity contribution < 1.29 is 31.8 Å². The number of anilines is 3. The van der Waals surface area contributed by atoms with Crippen molar-refractivity contribution in [1.29, 1.82) is 0 Å². The standard InChI is InChI=1S/C31H38ClF4N7O3S/c1-4-46-25(44)9-11-41-12-13-43(15-21(41)17-45-3)29-26(33)28(37-18-38-29)40-30-39-27(24(47-30)16-42-10-5-6-19(42)2)20-7-8-23(32)22(14-20)31(34,35)36/h7-8,14,18-19,21H,4-6,9-13,15-17H2,1-3H3,(H,37,38,39,40)/t19-,21+/m1/s1. The van der Waals surface area contributed by atoms with Gasteiger partial charge in [0.2, 0.25) is 5.82 Å². The normalized spacial score (nSPS) is 19.4. The summed E-state index contributed by atoms with van der Waals surface area (Å²) in [6.45, 7) is 7.81. The number of benzene rings is 1. The van der Waals surface area contributed by atoms with Gasteiger partial charge in [-0.1, -0.05) is 29.0 Å². The fourth-order valence-electron chi connectivity index (χ4n) is 6.01. The van der Waals surface area contributed by atoms with Crippen molar-refractivity contribution in [2.45, 2.75) is 57.9 Å². The third kappa shape index (κ3) is 8.49. The lowest BCUT2D eigenvalue weighted by Crippen LogP contribution is -2.55. The molecule has 2 aliphatic heterocycles. The minimum Gasteiger partial charge on any atom is -0.466 e. The summed E-state index contributed by atoms with van der Waals surface area (Å²) in [5.74, 6) is -0.953. The van der Waals surface area contributed by atoms with Crippen molar-refractivity contribution >= 4 is 45.7 Å². The Morgan fingerprint density at radius 2 is 2.00 bits per heavy atom. The van der Waals surface area contributed by atoms with E-state index in [-0.39, 0.29) is 40.8 Å². The number of alkyl halides is 3. The Morgan fingerprint density at radius 1 is 1.19 bits per heavy atom. The molecule has 5 rings (SSSR count). The molecule has 47 heavy (non-hydrogen) atoms. The second-order valence-corrected chi connectivity index (χ2v) is 13.1. The van der Waals surface area contributed by atoms with Crippen LogP contribution in [0.2, 0.25) is 5.02 Å². The number of hydrogen-bond acceptors (Lipinski definition) is 11. The first kappa shape index (κ1) is 35.2. The van der Waals surface area contributed by atoms with Crippen molar-refractivity contribution in [2.24, 2.45) is 0 Å². The molecule has 0 bridgehead atoms. The molecule has 2 aliphatic rings. The molecule has 2 fully saturated rings. The Bertz CT molecular complexity index is 1550. The highest BCUT2D eigenvalue weighted by molar-refractivity contribution is 7.16. The third-order valence-electron chi connectivity index (χ3n) is 8.45. The number of aromatic nitrogens is 3. The van der Waals surface area contributed by atoms with E-state index < -0.39 is 22.6 Å². The van der Waals surface area contributed by atoms with Gasteiger partial charge in [0.1, 0.15) is 6.33 Å². The second-order valence-electron chi connectivity index (χ2n) is 11.6. The van der Waals surface area contributed by atoms with Gasteiger partial charge in [0.25, 0.3) is 0 Å². The molecule has 4 heterocycles. The van der Waals surface area contributed by atoms with E-state index in [1.165, 1.54) is 29.8 Å². The van der Waals surface area contributed by atoms with Crippen molar-refractivity contribution in [2.75, 3.05) is 63.3 Å². The van der Waals surface area contributed by atoms with Gasteiger partial charge in [-0.3, -0.25) is 14.6 Å². The number of hydrogen-bond donors (Lipinski definition) is 1. The van der Waals surface area contributed by atoms with E-state index in [4.69, 9.17) is 21.1 Å². The van der Waals surface area contributed by atoms with Gasteiger partial charge >= 0.3 is 12.1 Å². The molecule has 0 saturated carbocycles. The molecular weight excluding hydrogens is 662 g/mol. The Hall–Kier alpha value is -3.11. The highest BCUT2D eigenvalue weighted by atomic mass is 35.5.